The van der Waals surface area contributed by atoms with Crippen LogP contribution in [0.3, 0.4) is 0 Å². The summed E-state index contributed by atoms with van der Waals surface area (Å²) in [5, 5.41) is 0. The molecule has 0 aliphatic heterocycles. The van der Waals surface area contributed by atoms with Crippen LogP contribution in [0.1, 0.15) is 5.56 Å². The quantitative estimate of drug-likeness (QED) is 0.812. The highest BCUT2D eigenvalue weighted by molar-refractivity contribution is 5.70. The second-order valence-electron chi connectivity index (χ2n) is 4.50. The molecule has 5 heteroatoms. The van der Waals surface area contributed by atoms with E-state index < -0.39 is 0 Å². The second-order valence-corrected chi connectivity index (χ2v) is 4.50. The van der Waals surface area contributed by atoms with Crippen molar-refractivity contribution in [1.82, 2.24) is 0 Å². The third-order valence-electron chi connectivity index (χ3n) is 3.29. The van der Waals surface area contributed by atoms with Crippen LogP contribution in [0.2, 0.25) is 0 Å². The minimum atomic E-state index is 0.413. The van der Waals surface area contributed by atoms with Gasteiger partial charge in [0.2, 0.25) is 17.2 Å². The molecule has 5 nitrogen and oxygen atoms in total. The van der Waals surface area contributed by atoms with Crippen LogP contribution in [-0.4, -0.2) is 28.4 Å². The van der Waals surface area contributed by atoms with E-state index >= 15 is 0 Å². The highest BCUT2D eigenvalue weighted by Crippen LogP contribution is 2.54. The zero-order chi connectivity index (χ0) is 16.1. The zero-order valence-corrected chi connectivity index (χ0v) is 13.4. The maximum atomic E-state index is 5.95. The fourth-order valence-corrected chi connectivity index (χ4v) is 2.31. The van der Waals surface area contributed by atoms with Crippen molar-refractivity contribution in [2.24, 2.45) is 0 Å². The van der Waals surface area contributed by atoms with Crippen molar-refractivity contribution in [3.05, 3.63) is 35.9 Å². The van der Waals surface area contributed by atoms with Crippen molar-refractivity contribution in [3.8, 4) is 34.5 Å². The van der Waals surface area contributed by atoms with Crippen LogP contribution in [0.4, 0.5) is 0 Å². The molecule has 2 aromatic rings. The van der Waals surface area contributed by atoms with Gasteiger partial charge >= 0.3 is 0 Å². The Morgan fingerprint density at radius 3 is 1.45 bits per heavy atom. The predicted octanol–water partition coefficient (Wildman–Crippen LogP) is 3.82. The van der Waals surface area contributed by atoms with E-state index in [9.17, 15) is 0 Å². The Bertz CT molecular complexity index is 604. The fraction of sp³-hybridized carbons (Fsp3) is 0.294. The number of hydrogen-bond acceptors (Lipinski definition) is 5. The molecule has 0 spiro atoms. The molecule has 0 saturated carbocycles. The summed E-state index contributed by atoms with van der Waals surface area (Å²) in [5.74, 6) is 3.09. The van der Waals surface area contributed by atoms with E-state index in [1.165, 1.54) is 0 Å². The number of rotatable bonds is 6. The molecule has 2 rings (SSSR count). The van der Waals surface area contributed by atoms with Gasteiger partial charge in [-0.25, -0.2) is 0 Å². The lowest BCUT2D eigenvalue weighted by Crippen LogP contribution is -2.02. The first-order chi connectivity index (χ1) is 10.7. The summed E-state index contributed by atoms with van der Waals surface area (Å²) in [6.45, 7) is 1.87. The zero-order valence-electron chi connectivity index (χ0n) is 13.4. The van der Waals surface area contributed by atoms with Crippen molar-refractivity contribution in [2.45, 2.75) is 6.92 Å². The lowest BCUT2D eigenvalue weighted by atomic mass is 10.1. The fourth-order valence-electron chi connectivity index (χ4n) is 2.31. The lowest BCUT2D eigenvalue weighted by molar-refractivity contribution is 0.300. The normalized spacial score (nSPS) is 10.0. The smallest absolute Gasteiger partial charge is 0.218 e. The highest BCUT2D eigenvalue weighted by Gasteiger charge is 2.27. The van der Waals surface area contributed by atoms with Gasteiger partial charge in [-0.05, 0) is 19.1 Å². The van der Waals surface area contributed by atoms with Crippen molar-refractivity contribution in [2.75, 3.05) is 28.4 Å². The van der Waals surface area contributed by atoms with Crippen molar-refractivity contribution < 1.29 is 23.7 Å². The van der Waals surface area contributed by atoms with Gasteiger partial charge in [0, 0.05) is 5.56 Å². The number of hydrogen-bond donors (Lipinski definition) is 0. The molecule has 0 bridgehead atoms. The van der Waals surface area contributed by atoms with Gasteiger partial charge in [0.15, 0.2) is 11.5 Å². The molecule has 0 saturated heterocycles. The summed E-state index contributed by atoms with van der Waals surface area (Å²) in [6, 6.07) is 9.38. The Hall–Kier alpha value is -2.56. The standard InChI is InChI=1S/C17H20O5/c1-11-13(18-2)15(20-4)17(16(21-5)14(11)19-3)22-12-9-7-6-8-10-12/h6-10H,1-5H3. The van der Waals surface area contributed by atoms with Crippen LogP contribution in [0.5, 0.6) is 34.5 Å². The third kappa shape index (κ3) is 2.74. The largest absolute Gasteiger partial charge is 0.492 e. The SMILES string of the molecule is COc1c(C)c(OC)c(OC)c(Oc2ccccc2)c1OC. The topological polar surface area (TPSA) is 46.2 Å². The molecule has 0 fully saturated rings. The second kappa shape index (κ2) is 6.93. The summed E-state index contributed by atoms with van der Waals surface area (Å²) in [6.07, 6.45) is 0. The van der Waals surface area contributed by atoms with E-state index in [1.807, 2.05) is 37.3 Å². The number of benzene rings is 2. The summed E-state index contributed by atoms with van der Waals surface area (Å²) in [7, 11) is 6.26. The molecule has 0 heterocycles. The number of para-hydroxylation sites is 1. The molecule has 118 valence electrons. The van der Waals surface area contributed by atoms with Gasteiger partial charge in [-0.15, -0.1) is 0 Å². The van der Waals surface area contributed by atoms with E-state index in [4.69, 9.17) is 23.7 Å². The van der Waals surface area contributed by atoms with Crippen molar-refractivity contribution in [3.63, 3.8) is 0 Å². The first-order valence-electron chi connectivity index (χ1n) is 6.77. The number of ether oxygens (including phenoxy) is 5. The molecular weight excluding hydrogens is 284 g/mol. The van der Waals surface area contributed by atoms with Gasteiger partial charge in [0.1, 0.15) is 5.75 Å². The van der Waals surface area contributed by atoms with Crippen LogP contribution in [-0.2, 0) is 0 Å². The first kappa shape index (κ1) is 15.8. The Morgan fingerprint density at radius 2 is 1.05 bits per heavy atom. The van der Waals surface area contributed by atoms with Gasteiger partial charge in [-0.1, -0.05) is 18.2 Å². The molecule has 0 radical (unpaired) electrons. The van der Waals surface area contributed by atoms with Gasteiger partial charge < -0.3 is 23.7 Å². The molecular formula is C17H20O5. The van der Waals surface area contributed by atoms with Gasteiger partial charge in [0.25, 0.3) is 0 Å². The van der Waals surface area contributed by atoms with Crippen LogP contribution in [0.15, 0.2) is 30.3 Å². The number of methoxy groups -OCH3 is 4. The van der Waals surface area contributed by atoms with E-state index in [0.717, 1.165) is 5.56 Å². The molecule has 0 atom stereocenters. The molecule has 22 heavy (non-hydrogen) atoms. The Kier molecular flexibility index (Phi) is 4.99. The monoisotopic (exact) mass is 304 g/mol. The van der Waals surface area contributed by atoms with Gasteiger partial charge in [-0.2, -0.15) is 0 Å². The Labute approximate surface area is 130 Å². The van der Waals surface area contributed by atoms with Crippen LogP contribution >= 0.6 is 0 Å². The van der Waals surface area contributed by atoms with Crippen LogP contribution < -0.4 is 23.7 Å². The highest BCUT2D eigenvalue weighted by atomic mass is 16.6. The third-order valence-corrected chi connectivity index (χ3v) is 3.29. The van der Waals surface area contributed by atoms with E-state index in [0.29, 0.717) is 34.5 Å². The van der Waals surface area contributed by atoms with E-state index in [-0.39, 0.29) is 0 Å². The summed E-state index contributed by atoms with van der Waals surface area (Å²) < 4.78 is 27.8. The van der Waals surface area contributed by atoms with Crippen LogP contribution in [0, 0.1) is 6.92 Å². The van der Waals surface area contributed by atoms with Crippen molar-refractivity contribution >= 4 is 0 Å². The van der Waals surface area contributed by atoms with E-state index in [2.05, 4.69) is 0 Å². The summed E-state index contributed by atoms with van der Waals surface area (Å²) >= 11 is 0. The van der Waals surface area contributed by atoms with E-state index in [1.54, 1.807) is 28.4 Å². The predicted molar refractivity (Wildman–Crippen MR) is 83.9 cm³/mol. The molecule has 0 unspecified atom stereocenters. The maximum absolute atomic E-state index is 5.95. The molecule has 2 aromatic carbocycles. The minimum absolute atomic E-state index is 0.413. The molecule has 0 aliphatic rings. The Balaban J connectivity index is 2.68. The lowest BCUT2D eigenvalue weighted by Gasteiger charge is -2.21. The van der Waals surface area contributed by atoms with Gasteiger partial charge in [0.05, 0.1) is 28.4 Å². The Morgan fingerprint density at radius 1 is 0.591 bits per heavy atom. The molecule has 0 aliphatic carbocycles. The molecule has 0 amide bonds. The van der Waals surface area contributed by atoms with Crippen LogP contribution in [0.25, 0.3) is 0 Å². The average Bonchev–Trinajstić information content (AvgIpc) is 2.56. The average molecular weight is 304 g/mol. The maximum Gasteiger partial charge on any atom is 0.218 e. The first-order valence-corrected chi connectivity index (χ1v) is 6.77. The molecule has 0 N–H and O–H groups in total. The summed E-state index contributed by atoms with van der Waals surface area (Å²) in [5.41, 5.74) is 0.777. The molecule has 0 aromatic heterocycles. The van der Waals surface area contributed by atoms with Crippen molar-refractivity contribution in [1.29, 1.82) is 0 Å². The van der Waals surface area contributed by atoms with Gasteiger partial charge in [-0.3, -0.25) is 0 Å². The summed E-state index contributed by atoms with van der Waals surface area (Å²) in [4.78, 5) is 0. The minimum Gasteiger partial charge on any atom is -0.492 e.